The van der Waals surface area contributed by atoms with E-state index in [1.165, 1.54) is 12.1 Å². The Morgan fingerprint density at radius 1 is 0.941 bits per heavy atom. The molecule has 182 valence electrons. The quantitative estimate of drug-likeness (QED) is 0.617. The smallest absolute Gasteiger partial charge is 0.251 e. The second-order valence-electron chi connectivity index (χ2n) is 9.87. The second kappa shape index (κ2) is 9.88. The van der Waals surface area contributed by atoms with E-state index >= 15 is 0 Å². The molecule has 2 aliphatic rings. The summed E-state index contributed by atoms with van der Waals surface area (Å²) in [5.74, 6) is 0.583. The Labute approximate surface area is 202 Å². The van der Waals surface area contributed by atoms with Crippen molar-refractivity contribution in [2.45, 2.75) is 51.0 Å². The van der Waals surface area contributed by atoms with Crippen LogP contribution in [0.4, 0.5) is 5.69 Å². The van der Waals surface area contributed by atoms with Crippen molar-refractivity contribution in [1.82, 2.24) is 9.62 Å². The fourth-order valence-corrected chi connectivity index (χ4v) is 6.22. The number of amides is 2. The molecule has 1 aliphatic carbocycles. The molecule has 0 spiro atoms. The summed E-state index contributed by atoms with van der Waals surface area (Å²) in [6, 6.07) is 13.3. The predicted octanol–water partition coefficient (Wildman–Crippen LogP) is 4.19. The van der Waals surface area contributed by atoms with Crippen molar-refractivity contribution in [3.05, 3.63) is 59.7 Å². The summed E-state index contributed by atoms with van der Waals surface area (Å²) in [6.07, 6.45) is 2.94. The van der Waals surface area contributed by atoms with E-state index in [1.807, 2.05) is 31.2 Å². The van der Waals surface area contributed by atoms with Gasteiger partial charge in [-0.25, -0.2) is 8.42 Å². The molecule has 2 aromatic rings. The van der Waals surface area contributed by atoms with Crippen molar-refractivity contribution < 1.29 is 18.0 Å². The number of anilines is 1. The molecule has 8 heteroatoms. The Balaban J connectivity index is 1.37. The lowest BCUT2D eigenvalue weighted by Crippen LogP contribution is -2.42. The predicted molar refractivity (Wildman–Crippen MR) is 132 cm³/mol. The molecule has 1 aliphatic heterocycles. The van der Waals surface area contributed by atoms with Crippen LogP contribution in [0.3, 0.4) is 0 Å². The third-order valence-corrected chi connectivity index (χ3v) is 8.41. The molecule has 0 bridgehead atoms. The molecule has 0 radical (unpaired) electrons. The van der Waals surface area contributed by atoms with Gasteiger partial charge >= 0.3 is 0 Å². The zero-order valence-electron chi connectivity index (χ0n) is 20.0. The van der Waals surface area contributed by atoms with Gasteiger partial charge in [0.15, 0.2) is 0 Å². The highest BCUT2D eigenvalue weighted by atomic mass is 32.2. The first-order chi connectivity index (χ1) is 16.1. The van der Waals surface area contributed by atoms with E-state index in [0.717, 1.165) is 30.5 Å². The fraction of sp³-hybridized carbons (Fsp3) is 0.462. The topological polar surface area (TPSA) is 95.6 Å². The summed E-state index contributed by atoms with van der Waals surface area (Å²) in [4.78, 5) is 24.8. The first kappa shape index (κ1) is 24.4. The molecule has 2 N–H and O–H groups in total. The zero-order valence-corrected chi connectivity index (χ0v) is 20.8. The molecule has 1 saturated heterocycles. The number of carbonyl (C=O) groups is 2. The largest absolute Gasteiger partial charge is 0.346 e. The van der Waals surface area contributed by atoms with E-state index in [2.05, 4.69) is 24.5 Å². The van der Waals surface area contributed by atoms with Crippen molar-refractivity contribution >= 4 is 27.5 Å². The number of benzene rings is 2. The molecule has 7 nitrogen and oxygen atoms in total. The van der Waals surface area contributed by atoms with Gasteiger partial charge in [0.2, 0.25) is 15.9 Å². The number of nitrogens with zero attached hydrogens (tertiary/aromatic N) is 1. The molecule has 0 aromatic heterocycles. The summed E-state index contributed by atoms with van der Waals surface area (Å²) in [6.45, 7) is 7.08. The van der Waals surface area contributed by atoms with Gasteiger partial charge in [-0.15, -0.1) is 0 Å². The van der Waals surface area contributed by atoms with Gasteiger partial charge in [0.1, 0.15) is 0 Å². The lowest BCUT2D eigenvalue weighted by Gasteiger charge is -2.34. The van der Waals surface area contributed by atoms with E-state index in [-0.39, 0.29) is 28.7 Å². The van der Waals surface area contributed by atoms with Crippen LogP contribution in [-0.2, 0) is 14.8 Å². The summed E-state index contributed by atoms with van der Waals surface area (Å²) < 4.78 is 27.7. The van der Waals surface area contributed by atoms with Gasteiger partial charge in [0, 0.05) is 30.3 Å². The fourth-order valence-electron chi connectivity index (χ4n) is 4.54. The Hall–Kier alpha value is -2.71. The van der Waals surface area contributed by atoms with Gasteiger partial charge in [-0.2, -0.15) is 4.31 Å². The molecule has 2 amide bonds. The van der Waals surface area contributed by atoms with Crippen LogP contribution in [0.15, 0.2) is 53.4 Å². The summed E-state index contributed by atoms with van der Waals surface area (Å²) in [5.41, 5.74) is 2.05. The average molecular weight is 484 g/mol. The Morgan fingerprint density at radius 3 is 2.09 bits per heavy atom. The minimum atomic E-state index is -3.58. The first-order valence-corrected chi connectivity index (χ1v) is 13.4. The van der Waals surface area contributed by atoms with Crippen molar-refractivity contribution in [2.75, 3.05) is 18.4 Å². The number of nitrogens with one attached hydrogen (secondary N) is 2. The van der Waals surface area contributed by atoms with Crippen molar-refractivity contribution in [3.63, 3.8) is 0 Å². The van der Waals surface area contributed by atoms with E-state index in [9.17, 15) is 18.0 Å². The first-order valence-electron chi connectivity index (χ1n) is 12.0. The Kier molecular flexibility index (Phi) is 7.09. The van der Waals surface area contributed by atoms with Gasteiger partial charge in [-0.05, 0) is 80.0 Å². The molecular formula is C26H33N3O4S. The van der Waals surface area contributed by atoms with Gasteiger partial charge in [0.25, 0.3) is 5.91 Å². The van der Waals surface area contributed by atoms with Crippen LogP contribution < -0.4 is 10.6 Å². The van der Waals surface area contributed by atoms with Crippen LogP contribution in [0.25, 0.3) is 0 Å². The van der Waals surface area contributed by atoms with Crippen molar-refractivity contribution in [1.29, 1.82) is 0 Å². The summed E-state index contributed by atoms with van der Waals surface area (Å²) in [5, 5.41) is 5.85. The van der Waals surface area contributed by atoms with E-state index in [0.29, 0.717) is 30.5 Å². The maximum Gasteiger partial charge on any atom is 0.251 e. The number of carbonyl (C=O) groups excluding carboxylic acids is 2. The van der Waals surface area contributed by atoms with Crippen molar-refractivity contribution in [3.8, 4) is 0 Å². The van der Waals surface area contributed by atoms with Crippen LogP contribution in [0.1, 0.15) is 62.0 Å². The molecule has 4 rings (SSSR count). The van der Waals surface area contributed by atoms with Crippen molar-refractivity contribution in [2.24, 2.45) is 17.8 Å². The standard InChI is InChI=1S/C26H33N3O4S/c1-17-14-18(2)16-29(15-17)34(32,33)24-12-8-22(9-13-24)25(30)27-19(3)20-6-10-23(11-7-20)28-26(31)21-4-5-21/h6-13,17-19,21H,4-5,14-16H2,1-3H3,(H,27,30)(H,28,31). The maximum atomic E-state index is 13.1. The molecule has 3 atom stereocenters. The molecule has 1 heterocycles. The monoisotopic (exact) mass is 483 g/mol. The summed E-state index contributed by atoms with van der Waals surface area (Å²) in [7, 11) is -3.58. The van der Waals surface area contributed by atoms with Gasteiger partial charge in [-0.3, -0.25) is 9.59 Å². The van der Waals surface area contributed by atoms with Gasteiger partial charge in [-0.1, -0.05) is 26.0 Å². The number of sulfonamides is 1. The Bertz CT molecular complexity index is 1130. The van der Waals surface area contributed by atoms with E-state index in [1.54, 1.807) is 16.4 Å². The van der Waals surface area contributed by atoms with E-state index < -0.39 is 10.0 Å². The zero-order chi connectivity index (χ0) is 24.5. The second-order valence-corrected chi connectivity index (χ2v) is 11.8. The highest BCUT2D eigenvalue weighted by Crippen LogP contribution is 2.30. The normalized spacial score (nSPS) is 22.1. The maximum absolute atomic E-state index is 13.1. The lowest BCUT2D eigenvalue weighted by molar-refractivity contribution is -0.117. The molecule has 2 aromatic carbocycles. The average Bonchev–Trinajstić information content (AvgIpc) is 3.64. The van der Waals surface area contributed by atoms with Crippen LogP contribution in [0.5, 0.6) is 0 Å². The molecule has 2 fully saturated rings. The highest BCUT2D eigenvalue weighted by molar-refractivity contribution is 7.89. The minimum Gasteiger partial charge on any atom is -0.346 e. The van der Waals surface area contributed by atoms with Crippen LogP contribution in [-0.4, -0.2) is 37.6 Å². The number of hydrogen-bond acceptors (Lipinski definition) is 4. The van der Waals surface area contributed by atoms with Crippen LogP contribution in [0, 0.1) is 17.8 Å². The van der Waals surface area contributed by atoms with Crippen LogP contribution in [0.2, 0.25) is 0 Å². The van der Waals surface area contributed by atoms with Crippen LogP contribution >= 0.6 is 0 Å². The molecule has 34 heavy (non-hydrogen) atoms. The lowest BCUT2D eigenvalue weighted by atomic mass is 9.94. The molecule has 1 saturated carbocycles. The van der Waals surface area contributed by atoms with Gasteiger partial charge in [0.05, 0.1) is 10.9 Å². The Morgan fingerprint density at radius 2 is 1.53 bits per heavy atom. The minimum absolute atomic E-state index is 0.0591. The third-order valence-electron chi connectivity index (χ3n) is 6.56. The number of hydrogen-bond donors (Lipinski definition) is 2. The van der Waals surface area contributed by atoms with Gasteiger partial charge < -0.3 is 10.6 Å². The highest BCUT2D eigenvalue weighted by Gasteiger charge is 2.32. The summed E-state index contributed by atoms with van der Waals surface area (Å²) >= 11 is 0. The third kappa shape index (κ3) is 5.67. The molecular weight excluding hydrogens is 450 g/mol. The SMILES string of the molecule is CC1CC(C)CN(S(=O)(=O)c2ccc(C(=O)NC(C)c3ccc(NC(=O)C4CC4)cc3)cc2)C1. The number of piperidine rings is 1. The molecule has 3 unspecified atom stereocenters. The number of rotatable bonds is 7. The van der Waals surface area contributed by atoms with E-state index in [4.69, 9.17) is 0 Å².